The minimum atomic E-state index is -1.01. The van der Waals surface area contributed by atoms with Crippen molar-refractivity contribution in [1.82, 2.24) is 4.90 Å². The topological polar surface area (TPSA) is 90.4 Å². The van der Waals surface area contributed by atoms with Crippen LogP contribution in [-0.2, 0) is 25.5 Å². The molecule has 0 bridgehead atoms. The van der Waals surface area contributed by atoms with Crippen LogP contribution in [0.25, 0.3) is 0 Å². The molecule has 6 atom stereocenters. The number of anilines is 2. The molecule has 4 aliphatic heterocycles. The molecule has 44 heavy (non-hydrogen) atoms. The summed E-state index contributed by atoms with van der Waals surface area (Å²) in [6, 6.07) is 16.1. The van der Waals surface area contributed by atoms with Gasteiger partial charge in [0.1, 0.15) is 6.04 Å². The van der Waals surface area contributed by atoms with E-state index in [1.54, 1.807) is 9.80 Å². The van der Waals surface area contributed by atoms with Crippen molar-refractivity contribution in [1.29, 1.82) is 0 Å². The summed E-state index contributed by atoms with van der Waals surface area (Å²) in [5.41, 5.74) is 2.78. The highest BCUT2D eigenvalue weighted by Gasteiger charge is 2.74. The summed E-state index contributed by atoms with van der Waals surface area (Å²) in [6.07, 6.45) is 9.00. The molecule has 4 aliphatic rings. The number of thioether (sulfide) groups is 1. The van der Waals surface area contributed by atoms with Crippen molar-refractivity contribution in [3.63, 3.8) is 0 Å². The van der Waals surface area contributed by atoms with Crippen molar-refractivity contribution < 1.29 is 24.2 Å². The van der Waals surface area contributed by atoms with Gasteiger partial charge in [-0.15, -0.1) is 11.8 Å². The predicted octanol–water partition coefficient (Wildman–Crippen LogP) is 4.23. The van der Waals surface area contributed by atoms with Crippen LogP contribution in [-0.4, -0.2) is 82.2 Å². The Morgan fingerprint density at radius 2 is 1.70 bits per heavy atom. The van der Waals surface area contributed by atoms with E-state index in [0.29, 0.717) is 19.4 Å². The van der Waals surface area contributed by atoms with Gasteiger partial charge in [0.25, 0.3) is 5.91 Å². The molecule has 4 heterocycles. The van der Waals surface area contributed by atoms with Crippen LogP contribution < -0.4 is 9.80 Å². The molecule has 2 amide bonds. The Morgan fingerprint density at radius 1 is 0.977 bits per heavy atom. The highest BCUT2D eigenvalue weighted by Crippen LogP contribution is 2.65. The standard InChI is InChI=1S/C35H41N3O5S/c1-4-36(5-2)25-14-16-26(17-15-25)37-20-11-19-35-28(29-33(42)43-21-10-9-18-34(29,3)44-35)31(40)38(30(35)32(37)41)27(23-39)22-24-12-7-6-8-13-24/h6-9,11-19,27-30,39H,4-5,10,20-23H2,1-3H3/t27-,28+,29-,30?,34+,35+/m1/s1. The number of fused-ring (bicyclic) bond motifs is 2. The van der Waals surface area contributed by atoms with E-state index in [9.17, 15) is 19.5 Å². The number of carbonyl (C=O) groups excluding carboxylic acids is 3. The average Bonchev–Trinajstić information content (AvgIpc) is 3.35. The summed E-state index contributed by atoms with van der Waals surface area (Å²) < 4.78 is 3.92. The second kappa shape index (κ2) is 12.1. The maximum Gasteiger partial charge on any atom is 0.311 e. The number of aliphatic hydroxyl groups is 1. The van der Waals surface area contributed by atoms with Gasteiger partial charge in [-0.3, -0.25) is 14.4 Å². The van der Waals surface area contributed by atoms with Gasteiger partial charge < -0.3 is 24.5 Å². The third kappa shape index (κ3) is 4.94. The molecule has 1 N–H and O–H groups in total. The molecule has 9 heteroatoms. The fourth-order valence-corrected chi connectivity index (χ4v) is 9.76. The van der Waals surface area contributed by atoms with E-state index in [1.807, 2.05) is 85.8 Å². The van der Waals surface area contributed by atoms with E-state index >= 15 is 0 Å². The summed E-state index contributed by atoms with van der Waals surface area (Å²) in [7, 11) is 0. The monoisotopic (exact) mass is 615 g/mol. The molecular weight excluding hydrogens is 574 g/mol. The fourth-order valence-electron chi connectivity index (χ4n) is 7.62. The molecule has 2 saturated heterocycles. The molecule has 232 valence electrons. The lowest BCUT2D eigenvalue weighted by molar-refractivity contribution is -0.154. The summed E-state index contributed by atoms with van der Waals surface area (Å²) in [5, 5.41) is 10.8. The van der Waals surface area contributed by atoms with Gasteiger partial charge in [-0.1, -0.05) is 54.6 Å². The molecule has 8 nitrogen and oxygen atoms in total. The zero-order chi connectivity index (χ0) is 31.1. The van der Waals surface area contributed by atoms with Crippen molar-refractivity contribution in [3.05, 3.63) is 84.5 Å². The van der Waals surface area contributed by atoms with Crippen molar-refractivity contribution >= 4 is 40.9 Å². The molecule has 0 saturated carbocycles. The van der Waals surface area contributed by atoms with Crippen molar-refractivity contribution in [2.24, 2.45) is 11.8 Å². The minimum absolute atomic E-state index is 0.212. The SMILES string of the molecule is CCN(CC)c1ccc(N2CC=C[C@]34S[C@@]5(C)C=CCCOC(=O)[C@H]5[C@H]3C(=O)N([C@@H](CO)Cc3ccccc3)C4C2=O)cc1. The Morgan fingerprint density at radius 3 is 2.39 bits per heavy atom. The maximum atomic E-state index is 14.9. The number of nitrogens with zero attached hydrogens (tertiary/aromatic N) is 3. The first-order valence-electron chi connectivity index (χ1n) is 15.6. The van der Waals surface area contributed by atoms with Crippen LogP contribution in [0.4, 0.5) is 11.4 Å². The number of hydrogen-bond acceptors (Lipinski definition) is 7. The van der Waals surface area contributed by atoms with Gasteiger partial charge >= 0.3 is 5.97 Å². The normalized spacial score (nSPS) is 30.2. The molecule has 0 aliphatic carbocycles. The smallest absolute Gasteiger partial charge is 0.311 e. The summed E-state index contributed by atoms with van der Waals surface area (Å²) in [5.74, 6) is -2.48. The van der Waals surface area contributed by atoms with E-state index in [-0.39, 0.29) is 25.0 Å². The van der Waals surface area contributed by atoms with Gasteiger partial charge in [-0.2, -0.15) is 0 Å². The number of benzene rings is 2. The summed E-state index contributed by atoms with van der Waals surface area (Å²) >= 11 is 1.52. The number of cyclic esters (lactones) is 1. The van der Waals surface area contributed by atoms with Crippen molar-refractivity contribution in [2.45, 2.75) is 55.2 Å². The largest absolute Gasteiger partial charge is 0.465 e. The molecule has 0 aromatic heterocycles. The number of esters is 1. The van der Waals surface area contributed by atoms with Gasteiger partial charge in [-0.05, 0) is 63.4 Å². The third-order valence-electron chi connectivity index (χ3n) is 9.67. The first-order valence-corrected chi connectivity index (χ1v) is 16.4. The number of rotatable bonds is 8. The molecule has 1 spiro atoms. The van der Waals surface area contributed by atoms with E-state index < -0.39 is 39.4 Å². The van der Waals surface area contributed by atoms with Crippen LogP contribution in [0.1, 0.15) is 32.8 Å². The Bertz CT molecular complexity index is 1460. The zero-order valence-corrected chi connectivity index (χ0v) is 26.4. The Kier molecular flexibility index (Phi) is 8.37. The Labute approximate surface area is 263 Å². The number of likely N-dealkylation sites (tertiary alicyclic amines) is 1. The van der Waals surface area contributed by atoms with Gasteiger partial charge in [-0.25, -0.2) is 0 Å². The molecule has 6 rings (SSSR count). The van der Waals surface area contributed by atoms with E-state index in [0.717, 1.165) is 30.0 Å². The van der Waals surface area contributed by atoms with Crippen LogP contribution in [0.2, 0.25) is 0 Å². The van der Waals surface area contributed by atoms with Crippen LogP contribution in [0.15, 0.2) is 78.9 Å². The number of hydrogen-bond donors (Lipinski definition) is 1. The number of aliphatic hydroxyl groups excluding tert-OH is 1. The second-order valence-corrected chi connectivity index (χ2v) is 14.0. The number of carbonyl (C=O) groups is 3. The van der Waals surface area contributed by atoms with Crippen molar-refractivity contribution in [3.8, 4) is 0 Å². The molecule has 2 fully saturated rings. The van der Waals surface area contributed by atoms with E-state index in [4.69, 9.17) is 4.74 Å². The van der Waals surface area contributed by atoms with Crippen LogP contribution >= 0.6 is 11.8 Å². The number of ether oxygens (including phenoxy) is 1. The minimum Gasteiger partial charge on any atom is -0.465 e. The average molecular weight is 616 g/mol. The first kappa shape index (κ1) is 30.5. The Hall–Kier alpha value is -3.56. The van der Waals surface area contributed by atoms with Crippen LogP contribution in [0.3, 0.4) is 0 Å². The molecular formula is C35H41N3O5S. The highest BCUT2D eigenvalue weighted by molar-refractivity contribution is 8.02. The van der Waals surface area contributed by atoms with Gasteiger partial charge in [0.15, 0.2) is 0 Å². The highest BCUT2D eigenvalue weighted by atomic mass is 32.2. The second-order valence-electron chi connectivity index (χ2n) is 12.2. The maximum absolute atomic E-state index is 14.9. The van der Waals surface area contributed by atoms with Gasteiger partial charge in [0.2, 0.25) is 5.91 Å². The van der Waals surface area contributed by atoms with E-state index in [2.05, 4.69) is 18.7 Å². The van der Waals surface area contributed by atoms with Gasteiger partial charge in [0.05, 0.1) is 35.8 Å². The lowest BCUT2D eigenvalue weighted by atomic mass is 9.74. The van der Waals surface area contributed by atoms with Crippen LogP contribution in [0.5, 0.6) is 0 Å². The van der Waals surface area contributed by atoms with Gasteiger partial charge in [0, 0.05) is 35.8 Å². The van der Waals surface area contributed by atoms with Crippen molar-refractivity contribution in [2.75, 3.05) is 42.6 Å². The lowest BCUT2D eigenvalue weighted by Crippen LogP contribution is -2.57. The first-order chi connectivity index (χ1) is 21.3. The third-order valence-corrected chi connectivity index (χ3v) is 11.5. The molecule has 1 unspecified atom stereocenters. The predicted molar refractivity (Wildman–Crippen MR) is 174 cm³/mol. The van der Waals surface area contributed by atoms with Crippen LogP contribution in [0, 0.1) is 11.8 Å². The number of amides is 2. The van der Waals surface area contributed by atoms with E-state index in [1.165, 1.54) is 11.8 Å². The quantitative estimate of drug-likeness (QED) is 0.351. The lowest BCUT2D eigenvalue weighted by Gasteiger charge is -2.40. The molecule has 2 aromatic carbocycles. The zero-order valence-electron chi connectivity index (χ0n) is 25.6. The fraction of sp³-hybridized carbons (Fsp3) is 0.457. The Balaban J connectivity index is 1.46. The molecule has 0 radical (unpaired) electrons. The summed E-state index contributed by atoms with van der Waals surface area (Å²) in [4.78, 5) is 48.8. The molecule has 2 aromatic rings. The summed E-state index contributed by atoms with van der Waals surface area (Å²) in [6.45, 7) is 8.24.